The van der Waals surface area contributed by atoms with Crippen molar-refractivity contribution in [1.82, 2.24) is 0 Å². The molecular weight excluding hydrogens is 460 g/mol. The molecule has 0 unspecified atom stereocenters. The topological polar surface area (TPSA) is 6.48 Å². The van der Waals surface area contributed by atoms with Gasteiger partial charge in [-0.1, -0.05) is 84.9 Å². The van der Waals surface area contributed by atoms with E-state index in [0.29, 0.717) is 0 Å². The third-order valence-electron chi connectivity index (χ3n) is 7.11. The van der Waals surface area contributed by atoms with E-state index >= 15 is 0 Å². The fourth-order valence-corrected chi connectivity index (χ4v) is 5.01. The van der Waals surface area contributed by atoms with E-state index in [9.17, 15) is 0 Å². The Morgan fingerprint density at radius 3 is 1.68 bits per heavy atom. The van der Waals surface area contributed by atoms with Crippen LogP contribution in [0.4, 0.5) is 28.4 Å². The summed E-state index contributed by atoms with van der Waals surface area (Å²) >= 11 is 0. The zero-order valence-corrected chi connectivity index (χ0v) is 21.8. The number of rotatable bonds is 6. The summed E-state index contributed by atoms with van der Waals surface area (Å²) in [4.78, 5) is 4.56. The average Bonchev–Trinajstić information content (AvgIpc) is 2.98. The summed E-state index contributed by atoms with van der Waals surface area (Å²) in [7, 11) is 2.12. The summed E-state index contributed by atoms with van der Waals surface area (Å²) in [6, 6.07) is 52.0. The van der Waals surface area contributed by atoms with E-state index in [2.05, 4.69) is 169 Å². The smallest absolute Gasteiger partial charge is 0.0468 e. The Labute approximate surface area is 225 Å². The molecule has 0 aliphatic carbocycles. The highest BCUT2D eigenvalue weighted by atomic mass is 15.1. The van der Waals surface area contributed by atoms with Crippen molar-refractivity contribution in [3.8, 4) is 11.1 Å². The van der Waals surface area contributed by atoms with Crippen LogP contribution in [0.15, 0.2) is 146 Å². The third kappa shape index (κ3) is 4.77. The fraction of sp³-hybridized carbons (Fsp3) is 0.0556. The molecule has 0 radical (unpaired) electrons. The van der Waals surface area contributed by atoms with Gasteiger partial charge in [0.25, 0.3) is 0 Å². The van der Waals surface area contributed by atoms with Crippen molar-refractivity contribution in [3.63, 3.8) is 0 Å². The van der Waals surface area contributed by atoms with Gasteiger partial charge in [-0.05, 0) is 95.1 Å². The van der Waals surface area contributed by atoms with Gasteiger partial charge >= 0.3 is 0 Å². The molecule has 184 valence electrons. The Morgan fingerprint density at radius 1 is 0.395 bits per heavy atom. The maximum absolute atomic E-state index is 2.33. The number of benzene rings is 6. The van der Waals surface area contributed by atoms with Gasteiger partial charge in [0.1, 0.15) is 0 Å². The summed E-state index contributed by atoms with van der Waals surface area (Å²) in [6.45, 7) is 2.13. The van der Waals surface area contributed by atoms with Crippen LogP contribution in [-0.4, -0.2) is 7.05 Å². The first-order valence-corrected chi connectivity index (χ1v) is 13.0. The molecule has 0 spiro atoms. The minimum atomic E-state index is 1.12. The van der Waals surface area contributed by atoms with Crippen LogP contribution in [0.2, 0.25) is 0 Å². The maximum Gasteiger partial charge on any atom is 0.0468 e. The SMILES string of the molecule is Cc1cccc(N(C)c2ccc(N(c3ccc(-c4ccccc4)cc3)c3ccc4ccccc4c3)cc2)c1. The highest BCUT2D eigenvalue weighted by Gasteiger charge is 2.14. The minimum absolute atomic E-state index is 1.12. The summed E-state index contributed by atoms with van der Waals surface area (Å²) in [5.41, 5.74) is 9.40. The molecule has 0 aromatic heterocycles. The van der Waals surface area contributed by atoms with Gasteiger partial charge in [-0.15, -0.1) is 0 Å². The molecule has 6 aromatic carbocycles. The van der Waals surface area contributed by atoms with Gasteiger partial charge in [-0.3, -0.25) is 0 Å². The Kier molecular flexibility index (Phi) is 6.37. The molecule has 0 saturated heterocycles. The molecule has 2 nitrogen and oxygen atoms in total. The Balaban J connectivity index is 1.40. The molecule has 6 aromatic rings. The molecule has 0 heterocycles. The lowest BCUT2D eigenvalue weighted by atomic mass is 10.0. The number of anilines is 5. The van der Waals surface area contributed by atoms with Crippen molar-refractivity contribution < 1.29 is 0 Å². The van der Waals surface area contributed by atoms with Gasteiger partial charge in [0, 0.05) is 35.5 Å². The van der Waals surface area contributed by atoms with E-state index in [1.54, 1.807) is 0 Å². The number of aryl methyl sites for hydroxylation is 1. The first kappa shape index (κ1) is 23.6. The molecular formula is C36H30N2. The van der Waals surface area contributed by atoms with Crippen LogP contribution in [0, 0.1) is 6.92 Å². The quantitative estimate of drug-likeness (QED) is 0.229. The molecule has 0 aliphatic heterocycles. The van der Waals surface area contributed by atoms with Gasteiger partial charge in [-0.2, -0.15) is 0 Å². The standard InChI is InChI=1S/C36H30N2/c1-27-9-8-14-35(25-27)37(2)32-21-23-34(24-22-32)38(36-20-17-29-12-6-7-13-31(29)26-36)33-18-15-30(16-19-33)28-10-4-3-5-11-28/h3-26H,1-2H3. The van der Waals surface area contributed by atoms with Crippen LogP contribution in [-0.2, 0) is 0 Å². The lowest BCUT2D eigenvalue weighted by Crippen LogP contribution is -2.12. The second-order valence-corrected chi connectivity index (χ2v) is 9.69. The van der Waals surface area contributed by atoms with E-state index in [1.165, 1.54) is 33.2 Å². The first-order valence-electron chi connectivity index (χ1n) is 13.0. The predicted octanol–water partition coefficient (Wildman–Crippen LogP) is 10.1. The van der Waals surface area contributed by atoms with Crippen LogP contribution in [0.5, 0.6) is 0 Å². The van der Waals surface area contributed by atoms with Crippen LogP contribution in [0.1, 0.15) is 5.56 Å². The third-order valence-corrected chi connectivity index (χ3v) is 7.11. The van der Waals surface area contributed by atoms with E-state index in [-0.39, 0.29) is 0 Å². The minimum Gasteiger partial charge on any atom is -0.345 e. The Hall–Kier alpha value is -4.82. The van der Waals surface area contributed by atoms with Crippen molar-refractivity contribution in [2.75, 3.05) is 16.8 Å². The first-order chi connectivity index (χ1) is 18.7. The number of nitrogens with zero attached hydrogens (tertiary/aromatic N) is 2. The highest BCUT2D eigenvalue weighted by molar-refractivity contribution is 5.89. The van der Waals surface area contributed by atoms with Crippen LogP contribution in [0.3, 0.4) is 0 Å². The number of hydrogen-bond acceptors (Lipinski definition) is 2. The molecule has 0 amide bonds. The molecule has 2 heteroatoms. The van der Waals surface area contributed by atoms with E-state index in [1.807, 2.05) is 0 Å². The summed E-state index contributed by atoms with van der Waals surface area (Å²) in [6.07, 6.45) is 0. The van der Waals surface area contributed by atoms with Gasteiger partial charge < -0.3 is 9.80 Å². The van der Waals surface area contributed by atoms with Crippen molar-refractivity contribution in [3.05, 3.63) is 151 Å². The zero-order chi connectivity index (χ0) is 25.9. The van der Waals surface area contributed by atoms with Crippen LogP contribution < -0.4 is 9.80 Å². The van der Waals surface area contributed by atoms with Crippen molar-refractivity contribution in [1.29, 1.82) is 0 Å². The van der Waals surface area contributed by atoms with Crippen LogP contribution in [0.25, 0.3) is 21.9 Å². The normalized spacial score (nSPS) is 10.9. The molecule has 38 heavy (non-hydrogen) atoms. The largest absolute Gasteiger partial charge is 0.345 e. The molecule has 0 aliphatic rings. The Bertz CT molecular complexity index is 1670. The van der Waals surface area contributed by atoms with Gasteiger partial charge in [0.05, 0.1) is 0 Å². The lowest BCUT2D eigenvalue weighted by Gasteiger charge is -2.27. The van der Waals surface area contributed by atoms with Crippen molar-refractivity contribution >= 4 is 39.2 Å². The molecule has 0 atom stereocenters. The molecule has 0 saturated carbocycles. The molecule has 6 rings (SSSR count). The monoisotopic (exact) mass is 490 g/mol. The number of fused-ring (bicyclic) bond motifs is 1. The lowest BCUT2D eigenvalue weighted by molar-refractivity contribution is 1.20. The second kappa shape index (κ2) is 10.3. The van der Waals surface area contributed by atoms with E-state index in [0.717, 1.165) is 22.7 Å². The molecule has 0 bridgehead atoms. The van der Waals surface area contributed by atoms with Crippen LogP contribution >= 0.6 is 0 Å². The fourth-order valence-electron chi connectivity index (χ4n) is 5.01. The van der Waals surface area contributed by atoms with Crippen molar-refractivity contribution in [2.45, 2.75) is 6.92 Å². The van der Waals surface area contributed by atoms with Gasteiger partial charge in [0.2, 0.25) is 0 Å². The van der Waals surface area contributed by atoms with E-state index < -0.39 is 0 Å². The second-order valence-electron chi connectivity index (χ2n) is 9.69. The molecule has 0 fully saturated rings. The maximum atomic E-state index is 2.33. The summed E-state index contributed by atoms with van der Waals surface area (Å²) < 4.78 is 0. The average molecular weight is 491 g/mol. The molecule has 0 N–H and O–H groups in total. The van der Waals surface area contributed by atoms with E-state index in [4.69, 9.17) is 0 Å². The van der Waals surface area contributed by atoms with Gasteiger partial charge in [-0.25, -0.2) is 0 Å². The van der Waals surface area contributed by atoms with Gasteiger partial charge in [0.15, 0.2) is 0 Å². The highest BCUT2D eigenvalue weighted by Crippen LogP contribution is 2.38. The van der Waals surface area contributed by atoms with Crippen molar-refractivity contribution in [2.24, 2.45) is 0 Å². The number of hydrogen-bond donors (Lipinski definition) is 0. The zero-order valence-electron chi connectivity index (χ0n) is 21.8. The summed E-state index contributed by atoms with van der Waals surface area (Å²) in [5, 5.41) is 2.47. The summed E-state index contributed by atoms with van der Waals surface area (Å²) in [5.74, 6) is 0. The Morgan fingerprint density at radius 2 is 0.974 bits per heavy atom. The predicted molar refractivity (Wildman–Crippen MR) is 163 cm³/mol.